The third kappa shape index (κ3) is 4.48. The molecule has 2 rings (SSSR count). The minimum atomic E-state index is -3.60. The van der Waals surface area contributed by atoms with Crippen molar-refractivity contribution in [2.24, 2.45) is 5.92 Å². The number of halogens is 3. The summed E-state index contributed by atoms with van der Waals surface area (Å²) in [5.41, 5.74) is 0. The minimum absolute atomic E-state index is 0. The van der Waals surface area contributed by atoms with Crippen molar-refractivity contribution >= 4 is 45.6 Å². The highest BCUT2D eigenvalue weighted by molar-refractivity contribution is 7.89. The highest BCUT2D eigenvalue weighted by atomic mass is 35.5. The van der Waals surface area contributed by atoms with Crippen molar-refractivity contribution in [3.8, 4) is 0 Å². The highest BCUT2D eigenvalue weighted by Crippen LogP contribution is 2.24. The number of hydrogen-bond acceptors (Lipinski definition) is 3. The molecular formula is C11H15Cl3N2O2S. The van der Waals surface area contributed by atoms with E-state index in [9.17, 15) is 8.42 Å². The molecule has 1 unspecified atom stereocenters. The predicted molar refractivity (Wildman–Crippen MR) is 79.9 cm³/mol. The van der Waals surface area contributed by atoms with Gasteiger partial charge in [0.1, 0.15) is 4.90 Å². The van der Waals surface area contributed by atoms with E-state index in [-0.39, 0.29) is 22.3 Å². The lowest BCUT2D eigenvalue weighted by atomic mass is 10.1. The molecule has 8 heteroatoms. The van der Waals surface area contributed by atoms with Crippen LogP contribution >= 0.6 is 35.6 Å². The van der Waals surface area contributed by atoms with Crippen molar-refractivity contribution in [1.29, 1.82) is 0 Å². The first-order valence-electron chi connectivity index (χ1n) is 5.64. The molecule has 0 aromatic heterocycles. The Kier molecular flexibility index (Phi) is 6.36. The second-order valence-electron chi connectivity index (χ2n) is 4.29. The molecule has 2 N–H and O–H groups in total. The van der Waals surface area contributed by atoms with Crippen LogP contribution < -0.4 is 10.0 Å². The molecule has 0 bridgehead atoms. The molecule has 1 aromatic carbocycles. The fraction of sp³-hybridized carbons (Fsp3) is 0.455. The molecule has 19 heavy (non-hydrogen) atoms. The van der Waals surface area contributed by atoms with E-state index < -0.39 is 10.0 Å². The van der Waals surface area contributed by atoms with Gasteiger partial charge in [-0.25, -0.2) is 13.1 Å². The Morgan fingerprint density at radius 2 is 2.11 bits per heavy atom. The molecule has 0 saturated carbocycles. The van der Waals surface area contributed by atoms with Crippen LogP contribution in [0.1, 0.15) is 6.42 Å². The maximum Gasteiger partial charge on any atom is 0.242 e. The molecule has 0 aliphatic carbocycles. The zero-order valence-corrected chi connectivity index (χ0v) is 13.2. The summed E-state index contributed by atoms with van der Waals surface area (Å²) in [6.07, 6.45) is 0.978. The number of rotatable bonds is 4. The lowest BCUT2D eigenvalue weighted by Gasteiger charge is -2.12. The molecule has 0 amide bonds. The monoisotopic (exact) mass is 344 g/mol. The van der Waals surface area contributed by atoms with Crippen LogP contribution in [-0.2, 0) is 10.0 Å². The molecule has 1 heterocycles. The predicted octanol–water partition coefficient (Wildman–Crippen LogP) is 2.30. The Morgan fingerprint density at radius 1 is 1.37 bits per heavy atom. The van der Waals surface area contributed by atoms with Crippen molar-refractivity contribution in [3.63, 3.8) is 0 Å². The first-order chi connectivity index (χ1) is 8.49. The molecule has 1 aliphatic heterocycles. The van der Waals surface area contributed by atoms with Gasteiger partial charge in [0, 0.05) is 11.6 Å². The highest BCUT2D eigenvalue weighted by Gasteiger charge is 2.21. The van der Waals surface area contributed by atoms with Crippen LogP contribution in [0.25, 0.3) is 0 Å². The van der Waals surface area contributed by atoms with Crippen LogP contribution in [0.4, 0.5) is 0 Å². The third-order valence-electron chi connectivity index (χ3n) is 2.91. The lowest BCUT2D eigenvalue weighted by molar-refractivity contribution is 0.539. The Labute approximate surface area is 129 Å². The van der Waals surface area contributed by atoms with E-state index in [1.54, 1.807) is 6.07 Å². The van der Waals surface area contributed by atoms with Gasteiger partial charge in [0.15, 0.2) is 0 Å². The van der Waals surface area contributed by atoms with Gasteiger partial charge in [-0.15, -0.1) is 12.4 Å². The normalized spacial score (nSPS) is 19.2. The standard InChI is InChI=1S/C11H14Cl2N2O2S.ClH/c12-9-1-2-10(13)11(5-9)18(16,17)15-7-8-3-4-14-6-8;/h1-2,5,8,14-15H,3-4,6-7H2;1H. The average molecular weight is 346 g/mol. The molecule has 0 radical (unpaired) electrons. The third-order valence-corrected chi connectivity index (χ3v) is 5.05. The van der Waals surface area contributed by atoms with Crippen molar-refractivity contribution in [3.05, 3.63) is 28.2 Å². The second kappa shape index (κ2) is 7.11. The Bertz CT molecular complexity index is 531. The fourth-order valence-corrected chi connectivity index (χ4v) is 3.75. The Balaban J connectivity index is 0.00000180. The average Bonchev–Trinajstić information content (AvgIpc) is 2.83. The zero-order chi connectivity index (χ0) is 13.2. The van der Waals surface area contributed by atoms with Gasteiger partial charge in [0.25, 0.3) is 0 Å². The summed E-state index contributed by atoms with van der Waals surface area (Å²) in [5.74, 6) is 0.331. The number of sulfonamides is 1. The molecule has 1 atom stereocenters. The summed E-state index contributed by atoms with van der Waals surface area (Å²) in [7, 11) is -3.60. The van der Waals surface area contributed by atoms with E-state index >= 15 is 0 Å². The van der Waals surface area contributed by atoms with Gasteiger partial charge in [0.2, 0.25) is 10.0 Å². The molecule has 1 saturated heterocycles. The number of nitrogens with one attached hydrogen (secondary N) is 2. The number of benzene rings is 1. The zero-order valence-electron chi connectivity index (χ0n) is 10.0. The second-order valence-corrected chi connectivity index (χ2v) is 6.86. The fourth-order valence-electron chi connectivity index (χ4n) is 1.88. The van der Waals surface area contributed by atoms with Gasteiger partial charge in [-0.2, -0.15) is 0 Å². The van der Waals surface area contributed by atoms with E-state index in [1.165, 1.54) is 12.1 Å². The smallest absolute Gasteiger partial charge is 0.242 e. The lowest BCUT2D eigenvalue weighted by Crippen LogP contribution is -2.30. The van der Waals surface area contributed by atoms with E-state index in [4.69, 9.17) is 23.2 Å². The van der Waals surface area contributed by atoms with Gasteiger partial charge in [0.05, 0.1) is 5.02 Å². The van der Waals surface area contributed by atoms with Crippen LogP contribution in [0.15, 0.2) is 23.1 Å². The minimum Gasteiger partial charge on any atom is -0.316 e. The molecule has 1 aliphatic rings. The van der Waals surface area contributed by atoms with Gasteiger partial charge in [-0.1, -0.05) is 23.2 Å². The Hall–Kier alpha value is -0.0400. The summed E-state index contributed by atoms with van der Waals surface area (Å²) in [6, 6.07) is 4.40. The van der Waals surface area contributed by atoms with Crippen LogP contribution in [0.3, 0.4) is 0 Å². The van der Waals surface area contributed by atoms with Crippen LogP contribution in [0.2, 0.25) is 10.0 Å². The summed E-state index contributed by atoms with van der Waals surface area (Å²) >= 11 is 11.7. The van der Waals surface area contributed by atoms with Crippen LogP contribution in [0.5, 0.6) is 0 Å². The summed E-state index contributed by atoms with van der Waals surface area (Å²) < 4.78 is 26.7. The van der Waals surface area contributed by atoms with E-state index in [0.29, 0.717) is 17.5 Å². The number of hydrogen-bond donors (Lipinski definition) is 2. The topological polar surface area (TPSA) is 58.2 Å². The maximum atomic E-state index is 12.1. The van der Waals surface area contributed by atoms with Crippen molar-refractivity contribution in [1.82, 2.24) is 10.0 Å². The van der Waals surface area contributed by atoms with E-state index in [1.807, 2.05) is 0 Å². The first-order valence-corrected chi connectivity index (χ1v) is 7.88. The maximum absolute atomic E-state index is 12.1. The molecule has 108 valence electrons. The molecule has 4 nitrogen and oxygen atoms in total. The Morgan fingerprint density at radius 3 is 2.74 bits per heavy atom. The first kappa shape index (κ1) is 17.0. The van der Waals surface area contributed by atoms with Crippen molar-refractivity contribution in [2.75, 3.05) is 19.6 Å². The summed E-state index contributed by atoms with van der Waals surface area (Å²) in [4.78, 5) is 0.0302. The summed E-state index contributed by atoms with van der Waals surface area (Å²) in [5, 5.41) is 3.71. The van der Waals surface area contributed by atoms with Crippen molar-refractivity contribution < 1.29 is 8.42 Å². The quantitative estimate of drug-likeness (QED) is 0.880. The van der Waals surface area contributed by atoms with Crippen LogP contribution in [-0.4, -0.2) is 28.1 Å². The van der Waals surface area contributed by atoms with E-state index in [0.717, 1.165) is 19.5 Å². The van der Waals surface area contributed by atoms with Gasteiger partial charge < -0.3 is 5.32 Å². The molecule has 1 aromatic rings. The largest absolute Gasteiger partial charge is 0.316 e. The van der Waals surface area contributed by atoms with Gasteiger partial charge >= 0.3 is 0 Å². The van der Waals surface area contributed by atoms with Crippen molar-refractivity contribution in [2.45, 2.75) is 11.3 Å². The summed E-state index contributed by atoms with van der Waals surface area (Å²) in [6.45, 7) is 2.19. The SMILES string of the molecule is Cl.O=S(=O)(NCC1CCNC1)c1cc(Cl)ccc1Cl. The van der Waals surface area contributed by atoms with Gasteiger partial charge in [-0.3, -0.25) is 0 Å². The molecule has 1 fully saturated rings. The molecule has 0 spiro atoms. The van der Waals surface area contributed by atoms with E-state index in [2.05, 4.69) is 10.0 Å². The van der Waals surface area contributed by atoms with Gasteiger partial charge in [-0.05, 0) is 43.6 Å². The van der Waals surface area contributed by atoms with Crippen LogP contribution in [0, 0.1) is 5.92 Å². The molecular weight excluding hydrogens is 331 g/mol.